The summed E-state index contributed by atoms with van der Waals surface area (Å²) in [6, 6.07) is 3.91. The Bertz CT molecular complexity index is 1230. The van der Waals surface area contributed by atoms with Crippen molar-refractivity contribution in [1.82, 2.24) is 29.5 Å². The summed E-state index contributed by atoms with van der Waals surface area (Å²) < 4.78 is 48.2. The van der Waals surface area contributed by atoms with Gasteiger partial charge in [-0.15, -0.1) is 0 Å². The molecule has 0 N–H and O–H groups in total. The number of carbonyl (C=O) groups excluding carboxylic acids is 1. The van der Waals surface area contributed by atoms with Gasteiger partial charge in [-0.2, -0.15) is 9.49 Å². The molecule has 0 saturated carbocycles. The third kappa shape index (κ3) is 4.72. The van der Waals surface area contributed by atoms with E-state index in [0.717, 1.165) is 62.2 Å². The van der Waals surface area contributed by atoms with Crippen molar-refractivity contribution in [2.45, 2.75) is 37.5 Å². The van der Waals surface area contributed by atoms with E-state index < -0.39 is 29.2 Å². The third-order valence-electron chi connectivity index (χ3n) is 7.15. The van der Waals surface area contributed by atoms with Gasteiger partial charge in [0.25, 0.3) is 5.91 Å². The third-order valence-corrected chi connectivity index (χ3v) is 7.15. The molecular formula is C25H27F3N6O2. The Balaban J connectivity index is 1.16. The number of fused-ring (bicyclic) bond motifs is 2. The van der Waals surface area contributed by atoms with E-state index in [9.17, 15) is 18.0 Å². The number of halogens is 3. The maximum Gasteiger partial charge on any atom is 0.251 e. The summed E-state index contributed by atoms with van der Waals surface area (Å²) in [5.74, 6) is -2.78. The number of pyridine rings is 1. The van der Waals surface area contributed by atoms with E-state index in [2.05, 4.69) is 20.0 Å². The minimum atomic E-state index is -1.02. The van der Waals surface area contributed by atoms with Crippen molar-refractivity contribution in [3.05, 3.63) is 77.4 Å². The van der Waals surface area contributed by atoms with Crippen LogP contribution in [0.5, 0.6) is 0 Å². The fraction of sp³-hybridized carbons (Fsp3) is 0.440. The van der Waals surface area contributed by atoms with Gasteiger partial charge in [0.15, 0.2) is 17.7 Å². The molecule has 11 heteroatoms. The van der Waals surface area contributed by atoms with Crippen molar-refractivity contribution in [1.29, 1.82) is 0 Å². The van der Waals surface area contributed by atoms with Crippen LogP contribution in [-0.4, -0.2) is 68.7 Å². The molecule has 36 heavy (non-hydrogen) atoms. The fourth-order valence-corrected chi connectivity index (χ4v) is 5.13. The molecule has 8 nitrogen and oxygen atoms in total. The summed E-state index contributed by atoms with van der Waals surface area (Å²) in [5, 5.41) is 4.05. The molecule has 190 valence electrons. The number of likely N-dealkylation sites (N-methyl/N-ethyl adjacent to an activating group) is 1. The molecule has 1 spiro atoms. The standard InChI is InChI=1S/C25H27F3N6O2/c1-32(24(35)23(34-16-29-15-31-34)17-3-4-20(26)21(27)11-17)7-2-8-33-9-5-25(6-10-33)19-13-30-22(28)12-18(19)14-36-25/h3-4,11-13,15-16,23H,2,5-10,14H2,1H3. The van der Waals surface area contributed by atoms with Gasteiger partial charge < -0.3 is 14.5 Å². The van der Waals surface area contributed by atoms with Crippen LogP contribution < -0.4 is 0 Å². The molecule has 1 atom stereocenters. The summed E-state index contributed by atoms with van der Waals surface area (Å²) in [5.41, 5.74) is 1.77. The van der Waals surface area contributed by atoms with Crippen molar-refractivity contribution in [3.63, 3.8) is 0 Å². The predicted octanol–water partition coefficient (Wildman–Crippen LogP) is 3.05. The van der Waals surface area contributed by atoms with Crippen LogP contribution in [-0.2, 0) is 21.7 Å². The number of aromatic nitrogens is 4. The molecule has 4 heterocycles. The quantitative estimate of drug-likeness (QED) is 0.465. The zero-order chi connectivity index (χ0) is 25.3. The Morgan fingerprint density at radius 1 is 1.19 bits per heavy atom. The van der Waals surface area contributed by atoms with E-state index >= 15 is 0 Å². The maximum atomic E-state index is 13.9. The van der Waals surface area contributed by atoms with Crippen LogP contribution in [0.2, 0.25) is 0 Å². The second-order valence-electron chi connectivity index (χ2n) is 9.35. The van der Waals surface area contributed by atoms with Gasteiger partial charge in [0.05, 0.1) is 12.2 Å². The van der Waals surface area contributed by atoms with Gasteiger partial charge in [-0.05, 0) is 55.1 Å². The van der Waals surface area contributed by atoms with Crippen molar-refractivity contribution in [3.8, 4) is 0 Å². The lowest BCUT2D eigenvalue weighted by Crippen LogP contribution is -2.43. The number of likely N-dealkylation sites (tertiary alicyclic amines) is 1. The van der Waals surface area contributed by atoms with Crippen LogP contribution in [0.25, 0.3) is 0 Å². The smallest absolute Gasteiger partial charge is 0.251 e. The maximum absolute atomic E-state index is 13.9. The van der Waals surface area contributed by atoms with Crippen molar-refractivity contribution in [2.24, 2.45) is 0 Å². The van der Waals surface area contributed by atoms with Crippen LogP contribution in [0.3, 0.4) is 0 Å². The number of amides is 1. The van der Waals surface area contributed by atoms with Gasteiger partial charge >= 0.3 is 0 Å². The summed E-state index contributed by atoms with van der Waals surface area (Å²) in [6.45, 7) is 3.33. The molecule has 0 bridgehead atoms. The number of carbonyl (C=O) groups is 1. The zero-order valence-electron chi connectivity index (χ0n) is 19.9. The molecule has 0 aliphatic carbocycles. The average molecular weight is 501 g/mol. The van der Waals surface area contributed by atoms with Gasteiger partial charge in [-0.3, -0.25) is 4.79 Å². The van der Waals surface area contributed by atoms with Gasteiger partial charge in [0, 0.05) is 38.4 Å². The fourth-order valence-electron chi connectivity index (χ4n) is 5.13. The lowest BCUT2D eigenvalue weighted by molar-refractivity contribution is -0.132. The number of hydrogen-bond donors (Lipinski definition) is 0. The molecular weight excluding hydrogens is 473 g/mol. The van der Waals surface area contributed by atoms with E-state index in [-0.39, 0.29) is 5.91 Å². The number of piperidine rings is 1. The topological polar surface area (TPSA) is 76.4 Å². The Labute approximate surface area is 206 Å². The molecule has 2 aromatic heterocycles. The average Bonchev–Trinajstić information content (AvgIpc) is 3.51. The van der Waals surface area contributed by atoms with E-state index in [0.29, 0.717) is 18.7 Å². The Kier molecular flexibility index (Phi) is 6.76. The van der Waals surface area contributed by atoms with Gasteiger partial charge in [-0.1, -0.05) is 6.07 Å². The van der Waals surface area contributed by atoms with Gasteiger partial charge in [0.2, 0.25) is 5.95 Å². The Morgan fingerprint density at radius 3 is 2.72 bits per heavy atom. The molecule has 1 fully saturated rings. The van der Waals surface area contributed by atoms with Crippen molar-refractivity contribution < 1.29 is 22.7 Å². The SMILES string of the molecule is CN(CCCN1CCC2(CC1)OCc1cc(F)ncc12)C(=O)C(c1ccc(F)c(F)c1)n1cncn1. The first-order valence-electron chi connectivity index (χ1n) is 11.9. The monoisotopic (exact) mass is 500 g/mol. The van der Waals surface area contributed by atoms with E-state index in [4.69, 9.17) is 4.74 Å². The zero-order valence-corrected chi connectivity index (χ0v) is 19.9. The first-order chi connectivity index (χ1) is 17.4. The lowest BCUT2D eigenvalue weighted by Gasteiger charge is -2.39. The normalized spacial score (nSPS) is 17.8. The number of nitrogens with zero attached hydrogens (tertiary/aromatic N) is 6. The Hall–Kier alpha value is -3.31. The van der Waals surface area contributed by atoms with E-state index in [1.165, 1.54) is 29.5 Å². The minimum Gasteiger partial charge on any atom is -0.365 e. The predicted molar refractivity (Wildman–Crippen MR) is 123 cm³/mol. The number of benzene rings is 1. The number of ether oxygens (including phenoxy) is 1. The highest BCUT2D eigenvalue weighted by atomic mass is 19.2. The summed E-state index contributed by atoms with van der Waals surface area (Å²) >= 11 is 0. The highest BCUT2D eigenvalue weighted by molar-refractivity contribution is 5.83. The number of rotatable bonds is 7. The Morgan fingerprint density at radius 2 is 2.00 bits per heavy atom. The first-order valence-corrected chi connectivity index (χ1v) is 11.9. The van der Waals surface area contributed by atoms with Gasteiger partial charge in [-0.25, -0.2) is 23.4 Å². The molecule has 1 aromatic carbocycles. The molecule has 3 aromatic rings. The second-order valence-corrected chi connectivity index (χ2v) is 9.35. The molecule has 1 saturated heterocycles. The van der Waals surface area contributed by atoms with E-state index in [1.807, 2.05) is 0 Å². The largest absolute Gasteiger partial charge is 0.365 e. The molecule has 1 amide bonds. The minimum absolute atomic E-state index is 0.292. The lowest BCUT2D eigenvalue weighted by atomic mass is 9.84. The van der Waals surface area contributed by atoms with Crippen LogP contribution in [0.1, 0.15) is 42.0 Å². The molecule has 2 aliphatic rings. The van der Waals surface area contributed by atoms with Crippen molar-refractivity contribution >= 4 is 5.91 Å². The summed E-state index contributed by atoms with van der Waals surface area (Å²) in [6.07, 6.45) is 6.61. The highest BCUT2D eigenvalue weighted by Crippen LogP contribution is 2.43. The highest BCUT2D eigenvalue weighted by Gasteiger charge is 2.43. The summed E-state index contributed by atoms with van der Waals surface area (Å²) in [7, 11) is 1.69. The first kappa shape index (κ1) is 24.4. The van der Waals surface area contributed by atoms with Gasteiger partial charge in [0.1, 0.15) is 12.7 Å². The van der Waals surface area contributed by atoms with Crippen LogP contribution in [0, 0.1) is 17.6 Å². The summed E-state index contributed by atoms with van der Waals surface area (Å²) in [4.78, 5) is 24.9. The van der Waals surface area contributed by atoms with Crippen molar-refractivity contribution in [2.75, 3.05) is 33.2 Å². The number of hydrogen-bond acceptors (Lipinski definition) is 6. The molecule has 1 unspecified atom stereocenters. The molecule has 2 aliphatic heterocycles. The molecule has 5 rings (SSSR count). The molecule has 0 radical (unpaired) electrons. The van der Waals surface area contributed by atoms with Crippen LogP contribution in [0.4, 0.5) is 13.2 Å². The van der Waals surface area contributed by atoms with E-state index in [1.54, 1.807) is 18.1 Å². The van der Waals surface area contributed by atoms with Crippen LogP contribution >= 0.6 is 0 Å². The van der Waals surface area contributed by atoms with Crippen LogP contribution in [0.15, 0.2) is 43.1 Å². The second kappa shape index (κ2) is 9.98.